The maximum absolute atomic E-state index is 13.7. The Morgan fingerprint density at radius 2 is 2.02 bits per heavy atom. The second-order valence-corrected chi connectivity index (χ2v) is 10.7. The number of hydrogen-bond acceptors (Lipinski definition) is 7. The van der Waals surface area contributed by atoms with E-state index in [1.54, 1.807) is 23.0 Å². The van der Waals surface area contributed by atoms with E-state index in [4.69, 9.17) is 9.72 Å². The van der Waals surface area contributed by atoms with Gasteiger partial charge in [0.05, 0.1) is 17.8 Å². The molecule has 8 nitrogen and oxygen atoms in total. The van der Waals surface area contributed by atoms with Crippen molar-refractivity contribution in [2.75, 3.05) is 25.0 Å². The van der Waals surface area contributed by atoms with Gasteiger partial charge >= 0.3 is 6.01 Å². The van der Waals surface area contributed by atoms with Crippen LogP contribution in [0.15, 0.2) is 71.3 Å². The fourth-order valence-corrected chi connectivity index (χ4v) is 5.42. The van der Waals surface area contributed by atoms with Crippen LogP contribution >= 0.6 is 0 Å². The number of rotatable bonds is 6. The van der Waals surface area contributed by atoms with Crippen LogP contribution < -0.4 is 20.5 Å². The first-order chi connectivity index (χ1) is 20.0. The number of nitrogens with zero attached hydrogens (tertiary/aromatic N) is 5. The van der Waals surface area contributed by atoms with Gasteiger partial charge in [-0.15, -0.1) is 0 Å². The first kappa shape index (κ1) is 26.7. The second-order valence-electron chi connectivity index (χ2n) is 10.7. The van der Waals surface area contributed by atoms with Crippen LogP contribution in [0.5, 0.6) is 11.8 Å². The SMILES string of the molecule is Cc1cccnc1Cn1c(=O)c(C#CC2=CCCC2)cc2cnc(Oc3ccc(N(C)C4CCCNC4)cc3)nc21. The molecule has 6 rings (SSSR count). The van der Waals surface area contributed by atoms with E-state index in [1.165, 1.54) is 12.8 Å². The molecule has 2 aliphatic rings. The molecule has 41 heavy (non-hydrogen) atoms. The lowest BCUT2D eigenvalue weighted by Gasteiger charge is -2.33. The van der Waals surface area contributed by atoms with Gasteiger partial charge in [0.15, 0.2) is 5.65 Å². The van der Waals surface area contributed by atoms with E-state index in [0.29, 0.717) is 28.4 Å². The minimum Gasteiger partial charge on any atom is -0.424 e. The van der Waals surface area contributed by atoms with Crippen LogP contribution in [0.1, 0.15) is 48.9 Å². The van der Waals surface area contributed by atoms with Crippen molar-refractivity contribution in [3.63, 3.8) is 0 Å². The van der Waals surface area contributed by atoms with Gasteiger partial charge in [0, 0.05) is 43.1 Å². The lowest BCUT2D eigenvalue weighted by Crippen LogP contribution is -2.44. The standard InChI is InChI=1S/C33H34N6O2/c1-23-7-5-18-35-30(23)22-39-31-26(19-25(32(39)40)12-11-24-8-3-4-9-24)20-36-33(37-31)41-29-15-13-27(14-16-29)38(2)28-10-6-17-34-21-28/h5,7-8,13-16,18-20,28,34H,3-4,6,9-10,17,21-22H2,1-2H3. The highest BCUT2D eigenvalue weighted by Gasteiger charge is 2.18. The van der Waals surface area contributed by atoms with Gasteiger partial charge in [-0.2, -0.15) is 4.98 Å². The van der Waals surface area contributed by atoms with E-state index in [2.05, 4.69) is 57.3 Å². The molecule has 1 saturated heterocycles. The maximum Gasteiger partial charge on any atom is 0.323 e. The fraction of sp³-hybridized carbons (Fsp3) is 0.333. The molecule has 1 atom stereocenters. The van der Waals surface area contributed by atoms with Crippen molar-refractivity contribution in [2.24, 2.45) is 0 Å². The van der Waals surface area contributed by atoms with Gasteiger partial charge in [-0.3, -0.25) is 14.3 Å². The van der Waals surface area contributed by atoms with Crippen molar-refractivity contribution >= 4 is 16.7 Å². The van der Waals surface area contributed by atoms with Crippen LogP contribution in [0.2, 0.25) is 0 Å². The number of nitrogens with one attached hydrogen (secondary N) is 1. The monoisotopic (exact) mass is 546 g/mol. The van der Waals surface area contributed by atoms with Gasteiger partial charge < -0.3 is 15.0 Å². The number of pyridine rings is 2. The molecule has 0 radical (unpaired) electrons. The number of benzene rings is 1. The Bertz CT molecular complexity index is 1710. The van der Waals surface area contributed by atoms with Crippen LogP contribution in [0.25, 0.3) is 11.0 Å². The molecule has 0 spiro atoms. The molecule has 4 heterocycles. The van der Waals surface area contributed by atoms with Crippen molar-refractivity contribution in [2.45, 2.75) is 51.6 Å². The fourth-order valence-electron chi connectivity index (χ4n) is 5.42. The summed E-state index contributed by atoms with van der Waals surface area (Å²) in [4.78, 5) is 29.7. The summed E-state index contributed by atoms with van der Waals surface area (Å²) in [5.41, 5.74) is 4.72. The van der Waals surface area contributed by atoms with Gasteiger partial charge in [0.25, 0.3) is 5.56 Å². The minimum atomic E-state index is -0.206. The molecular formula is C33H34N6O2. The Hall–Kier alpha value is -4.48. The van der Waals surface area contributed by atoms with Crippen LogP contribution in [-0.2, 0) is 6.54 Å². The maximum atomic E-state index is 13.7. The summed E-state index contributed by atoms with van der Waals surface area (Å²) >= 11 is 0. The van der Waals surface area contributed by atoms with Gasteiger partial charge in [-0.05, 0) is 93.1 Å². The number of allylic oxidation sites excluding steroid dienone is 2. The summed E-state index contributed by atoms with van der Waals surface area (Å²) in [7, 11) is 2.13. The number of aryl methyl sites for hydroxylation is 1. The van der Waals surface area contributed by atoms with Gasteiger partial charge in [0.1, 0.15) is 5.75 Å². The zero-order valence-electron chi connectivity index (χ0n) is 23.6. The molecule has 208 valence electrons. The van der Waals surface area contributed by atoms with E-state index >= 15 is 0 Å². The van der Waals surface area contributed by atoms with E-state index in [1.807, 2.05) is 31.2 Å². The van der Waals surface area contributed by atoms with Crippen LogP contribution in [0.4, 0.5) is 5.69 Å². The average Bonchev–Trinajstić information content (AvgIpc) is 3.53. The number of anilines is 1. The molecule has 1 fully saturated rings. The van der Waals surface area contributed by atoms with Gasteiger partial charge in [-0.25, -0.2) is 4.98 Å². The van der Waals surface area contributed by atoms with Crippen molar-refractivity contribution < 1.29 is 4.74 Å². The molecule has 8 heteroatoms. The molecule has 3 aromatic heterocycles. The molecule has 1 aliphatic heterocycles. The summed E-state index contributed by atoms with van der Waals surface area (Å²) in [6.45, 7) is 4.34. The third kappa shape index (κ3) is 6.01. The zero-order valence-corrected chi connectivity index (χ0v) is 23.6. The average molecular weight is 547 g/mol. The van der Waals surface area contributed by atoms with E-state index < -0.39 is 0 Å². The van der Waals surface area contributed by atoms with E-state index in [0.717, 1.165) is 54.9 Å². The highest BCUT2D eigenvalue weighted by molar-refractivity contribution is 5.76. The largest absolute Gasteiger partial charge is 0.424 e. The lowest BCUT2D eigenvalue weighted by molar-refractivity contribution is 0.440. The van der Waals surface area contributed by atoms with Crippen molar-refractivity contribution in [1.82, 2.24) is 24.8 Å². The minimum absolute atomic E-state index is 0.177. The van der Waals surface area contributed by atoms with Crippen LogP contribution in [0, 0.1) is 18.8 Å². The number of fused-ring (bicyclic) bond motifs is 1. The Morgan fingerprint density at radius 3 is 2.78 bits per heavy atom. The first-order valence-electron chi connectivity index (χ1n) is 14.3. The summed E-state index contributed by atoms with van der Waals surface area (Å²) < 4.78 is 7.69. The second kappa shape index (κ2) is 11.9. The third-order valence-electron chi connectivity index (χ3n) is 7.90. The third-order valence-corrected chi connectivity index (χ3v) is 7.90. The predicted molar refractivity (Wildman–Crippen MR) is 161 cm³/mol. The molecule has 1 aromatic carbocycles. The highest BCUT2D eigenvalue weighted by Crippen LogP contribution is 2.25. The summed E-state index contributed by atoms with van der Waals surface area (Å²) in [5.74, 6) is 6.94. The summed E-state index contributed by atoms with van der Waals surface area (Å²) in [5, 5.41) is 4.19. The Labute approximate surface area is 240 Å². The predicted octanol–water partition coefficient (Wildman–Crippen LogP) is 4.99. The molecule has 1 N–H and O–H groups in total. The number of likely N-dealkylation sites (N-methyl/N-ethyl adjacent to an activating group) is 1. The Morgan fingerprint density at radius 1 is 1.15 bits per heavy atom. The number of hydrogen-bond donors (Lipinski definition) is 1. The molecule has 0 saturated carbocycles. The summed E-state index contributed by atoms with van der Waals surface area (Å²) in [6, 6.07) is 14.3. The van der Waals surface area contributed by atoms with Crippen LogP contribution in [0.3, 0.4) is 0 Å². The quantitative estimate of drug-likeness (QED) is 0.341. The molecular weight excluding hydrogens is 512 g/mol. The smallest absolute Gasteiger partial charge is 0.323 e. The van der Waals surface area contributed by atoms with Crippen LogP contribution in [-0.4, -0.2) is 45.7 Å². The van der Waals surface area contributed by atoms with Gasteiger partial charge in [-0.1, -0.05) is 24.0 Å². The molecule has 1 aliphatic carbocycles. The first-order valence-corrected chi connectivity index (χ1v) is 14.3. The Kier molecular flexibility index (Phi) is 7.79. The highest BCUT2D eigenvalue weighted by atomic mass is 16.5. The van der Waals surface area contributed by atoms with Crippen molar-refractivity contribution in [3.8, 4) is 23.6 Å². The van der Waals surface area contributed by atoms with E-state index in [9.17, 15) is 4.79 Å². The summed E-state index contributed by atoms with van der Waals surface area (Å²) in [6.07, 6.45) is 11.1. The molecule has 1 unspecified atom stereocenters. The number of aromatic nitrogens is 4. The zero-order chi connectivity index (χ0) is 28.2. The van der Waals surface area contributed by atoms with Crippen molar-refractivity contribution in [3.05, 3.63) is 93.7 Å². The number of piperidine rings is 1. The van der Waals surface area contributed by atoms with Crippen molar-refractivity contribution in [1.29, 1.82) is 0 Å². The molecule has 0 bridgehead atoms. The molecule has 4 aromatic rings. The topological polar surface area (TPSA) is 85.2 Å². The van der Waals surface area contributed by atoms with Gasteiger partial charge in [0.2, 0.25) is 0 Å². The normalized spacial score (nSPS) is 16.6. The Balaban J connectivity index is 1.32. The molecule has 0 amide bonds. The lowest BCUT2D eigenvalue weighted by atomic mass is 10.1. The van der Waals surface area contributed by atoms with E-state index in [-0.39, 0.29) is 18.1 Å². The number of ether oxygens (including phenoxy) is 1.